The highest BCUT2D eigenvalue weighted by atomic mass is 32.1. The summed E-state index contributed by atoms with van der Waals surface area (Å²) < 4.78 is 0. The van der Waals surface area contributed by atoms with Crippen molar-refractivity contribution in [1.29, 1.82) is 0 Å². The molecule has 2 aromatic heterocycles. The highest BCUT2D eigenvalue weighted by molar-refractivity contribution is 7.11. The van der Waals surface area contributed by atoms with Gasteiger partial charge in [-0.25, -0.2) is 14.8 Å². The van der Waals surface area contributed by atoms with Crippen molar-refractivity contribution in [3.8, 4) is 11.3 Å². The average molecular weight is 302 g/mol. The molecule has 0 aliphatic rings. The van der Waals surface area contributed by atoms with Crippen molar-refractivity contribution in [3.63, 3.8) is 0 Å². The van der Waals surface area contributed by atoms with E-state index >= 15 is 0 Å². The molecule has 20 heavy (non-hydrogen) atoms. The predicted octanol–water partition coefficient (Wildman–Crippen LogP) is 3.56. The van der Waals surface area contributed by atoms with Gasteiger partial charge in [-0.1, -0.05) is 30.3 Å². The van der Waals surface area contributed by atoms with E-state index in [9.17, 15) is 4.79 Å². The molecular weight excluding hydrogens is 292 g/mol. The number of nitrogens with zero attached hydrogens (tertiary/aromatic N) is 2. The van der Waals surface area contributed by atoms with E-state index in [1.54, 1.807) is 16.7 Å². The summed E-state index contributed by atoms with van der Waals surface area (Å²) in [5.74, 6) is -0.989. The SMILES string of the molecule is O=C(O)c1csc(Cc2nc(-c3ccccc3)cs2)n1. The van der Waals surface area contributed by atoms with Gasteiger partial charge in [0, 0.05) is 16.3 Å². The van der Waals surface area contributed by atoms with Crippen molar-refractivity contribution in [3.05, 3.63) is 56.8 Å². The molecule has 3 rings (SSSR count). The van der Waals surface area contributed by atoms with Gasteiger partial charge in [-0.2, -0.15) is 0 Å². The van der Waals surface area contributed by atoms with Crippen LogP contribution in [0.5, 0.6) is 0 Å². The first kappa shape index (κ1) is 13.0. The molecule has 0 aliphatic carbocycles. The summed E-state index contributed by atoms with van der Waals surface area (Å²) in [7, 11) is 0. The van der Waals surface area contributed by atoms with Gasteiger partial charge in [-0.3, -0.25) is 0 Å². The summed E-state index contributed by atoms with van der Waals surface area (Å²) in [5, 5.41) is 14.1. The number of hydrogen-bond donors (Lipinski definition) is 1. The lowest BCUT2D eigenvalue weighted by atomic mass is 10.2. The van der Waals surface area contributed by atoms with E-state index in [0.29, 0.717) is 6.42 Å². The van der Waals surface area contributed by atoms with Crippen molar-refractivity contribution in [2.45, 2.75) is 6.42 Å². The molecule has 0 bridgehead atoms. The van der Waals surface area contributed by atoms with Crippen LogP contribution in [-0.4, -0.2) is 21.0 Å². The van der Waals surface area contributed by atoms with Gasteiger partial charge in [0.05, 0.1) is 12.1 Å². The fourth-order valence-corrected chi connectivity index (χ4v) is 3.42. The second kappa shape index (κ2) is 5.52. The number of carboxylic acid groups (broad SMARTS) is 1. The molecule has 0 aliphatic heterocycles. The van der Waals surface area contributed by atoms with Crippen LogP contribution in [0.2, 0.25) is 0 Å². The van der Waals surface area contributed by atoms with Crippen LogP contribution in [0.4, 0.5) is 0 Å². The third kappa shape index (κ3) is 2.76. The zero-order chi connectivity index (χ0) is 13.9. The number of carbonyl (C=O) groups is 1. The minimum atomic E-state index is -0.989. The Kier molecular flexibility index (Phi) is 3.58. The Labute approximate surface area is 123 Å². The van der Waals surface area contributed by atoms with E-state index in [2.05, 4.69) is 9.97 Å². The van der Waals surface area contributed by atoms with E-state index in [0.717, 1.165) is 21.3 Å². The van der Waals surface area contributed by atoms with Crippen LogP contribution in [0, 0.1) is 0 Å². The predicted molar refractivity (Wildman–Crippen MR) is 79.4 cm³/mol. The number of aromatic carboxylic acids is 1. The molecule has 0 spiro atoms. The molecular formula is C14H10N2O2S2. The Morgan fingerprint density at radius 3 is 2.45 bits per heavy atom. The normalized spacial score (nSPS) is 10.6. The fourth-order valence-electron chi connectivity index (χ4n) is 1.75. The van der Waals surface area contributed by atoms with Gasteiger partial charge >= 0.3 is 5.97 Å². The summed E-state index contributed by atoms with van der Waals surface area (Å²) >= 11 is 2.92. The maximum atomic E-state index is 10.8. The lowest BCUT2D eigenvalue weighted by molar-refractivity contribution is 0.0691. The molecule has 0 atom stereocenters. The van der Waals surface area contributed by atoms with Gasteiger partial charge in [-0.15, -0.1) is 22.7 Å². The topological polar surface area (TPSA) is 63.1 Å². The molecule has 1 N–H and O–H groups in total. The molecule has 0 fully saturated rings. The molecule has 4 nitrogen and oxygen atoms in total. The quantitative estimate of drug-likeness (QED) is 0.800. The second-order valence-electron chi connectivity index (χ2n) is 4.10. The van der Waals surface area contributed by atoms with Gasteiger partial charge in [-0.05, 0) is 0 Å². The minimum Gasteiger partial charge on any atom is -0.476 e. The Morgan fingerprint density at radius 2 is 1.75 bits per heavy atom. The number of aromatic nitrogens is 2. The first-order valence-electron chi connectivity index (χ1n) is 5.90. The molecule has 2 heterocycles. The summed E-state index contributed by atoms with van der Waals surface area (Å²) in [6, 6.07) is 9.97. The first-order chi connectivity index (χ1) is 9.72. The molecule has 0 saturated carbocycles. The minimum absolute atomic E-state index is 0.102. The van der Waals surface area contributed by atoms with Crippen molar-refractivity contribution in [1.82, 2.24) is 9.97 Å². The van der Waals surface area contributed by atoms with Gasteiger partial charge in [0.2, 0.25) is 0 Å². The zero-order valence-corrected chi connectivity index (χ0v) is 11.9. The number of hydrogen-bond acceptors (Lipinski definition) is 5. The van der Waals surface area contributed by atoms with E-state index < -0.39 is 5.97 Å². The smallest absolute Gasteiger partial charge is 0.355 e. The van der Waals surface area contributed by atoms with Gasteiger partial charge in [0.15, 0.2) is 5.69 Å². The van der Waals surface area contributed by atoms with Crippen molar-refractivity contribution in [2.24, 2.45) is 0 Å². The van der Waals surface area contributed by atoms with E-state index in [-0.39, 0.29) is 5.69 Å². The van der Waals surface area contributed by atoms with E-state index in [1.807, 2.05) is 35.7 Å². The van der Waals surface area contributed by atoms with Crippen molar-refractivity contribution < 1.29 is 9.90 Å². The molecule has 6 heteroatoms. The maximum Gasteiger partial charge on any atom is 0.355 e. The first-order valence-corrected chi connectivity index (χ1v) is 7.66. The van der Waals surface area contributed by atoms with Crippen LogP contribution in [0.1, 0.15) is 20.5 Å². The third-order valence-electron chi connectivity index (χ3n) is 2.69. The fraction of sp³-hybridized carbons (Fsp3) is 0.0714. The summed E-state index contributed by atoms with van der Waals surface area (Å²) in [6.07, 6.45) is 0.579. The Balaban J connectivity index is 1.78. The Hall–Kier alpha value is -2.05. The van der Waals surface area contributed by atoms with Gasteiger partial charge in [0.1, 0.15) is 10.0 Å². The van der Waals surface area contributed by atoms with Gasteiger partial charge < -0.3 is 5.11 Å². The van der Waals surface area contributed by atoms with Crippen LogP contribution in [0.15, 0.2) is 41.1 Å². The van der Waals surface area contributed by atoms with Crippen LogP contribution in [0.25, 0.3) is 11.3 Å². The Bertz CT molecular complexity index is 734. The molecule has 0 amide bonds. The average Bonchev–Trinajstić information content (AvgIpc) is 3.10. The largest absolute Gasteiger partial charge is 0.476 e. The maximum absolute atomic E-state index is 10.8. The molecule has 3 aromatic rings. The molecule has 0 unspecified atom stereocenters. The van der Waals surface area contributed by atoms with Crippen molar-refractivity contribution in [2.75, 3.05) is 0 Å². The molecule has 100 valence electrons. The molecule has 1 aromatic carbocycles. The highest BCUT2D eigenvalue weighted by Gasteiger charge is 2.11. The lowest BCUT2D eigenvalue weighted by Crippen LogP contribution is -1.96. The number of thiazole rings is 2. The second-order valence-corrected chi connectivity index (χ2v) is 5.99. The van der Waals surface area contributed by atoms with E-state index in [4.69, 9.17) is 5.11 Å². The van der Waals surface area contributed by atoms with Crippen LogP contribution in [0.3, 0.4) is 0 Å². The van der Waals surface area contributed by atoms with Crippen LogP contribution in [-0.2, 0) is 6.42 Å². The monoisotopic (exact) mass is 302 g/mol. The van der Waals surface area contributed by atoms with Crippen molar-refractivity contribution >= 4 is 28.6 Å². The summed E-state index contributed by atoms with van der Waals surface area (Å²) in [6.45, 7) is 0. The molecule has 0 saturated heterocycles. The number of benzene rings is 1. The highest BCUT2D eigenvalue weighted by Crippen LogP contribution is 2.24. The zero-order valence-electron chi connectivity index (χ0n) is 10.3. The van der Waals surface area contributed by atoms with Crippen LogP contribution >= 0.6 is 22.7 Å². The number of rotatable bonds is 4. The summed E-state index contributed by atoms with van der Waals surface area (Å²) in [5.41, 5.74) is 2.13. The number of carboxylic acids is 1. The standard InChI is InChI=1S/C14H10N2O2S2/c17-14(18)11-8-20-13(16-11)6-12-15-10(7-19-12)9-4-2-1-3-5-9/h1-5,7-8H,6H2,(H,17,18). The van der Waals surface area contributed by atoms with Gasteiger partial charge in [0.25, 0.3) is 0 Å². The van der Waals surface area contributed by atoms with Crippen LogP contribution < -0.4 is 0 Å². The molecule has 0 radical (unpaired) electrons. The summed E-state index contributed by atoms with van der Waals surface area (Å²) in [4.78, 5) is 19.4. The third-order valence-corrected chi connectivity index (χ3v) is 4.39. The van der Waals surface area contributed by atoms with E-state index in [1.165, 1.54) is 11.3 Å². The lowest BCUT2D eigenvalue weighted by Gasteiger charge is -1.94. The Morgan fingerprint density at radius 1 is 1.05 bits per heavy atom.